The highest BCUT2D eigenvalue weighted by Gasteiger charge is 2.12. The van der Waals surface area contributed by atoms with Gasteiger partial charge in [-0.1, -0.05) is 12.1 Å². The number of rotatable bonds is 3. The molecule has 0 aliphatic carbocycles. The van der Waals surface area contributed by atoms with Gasteiger partial charge in [0, 0.05) is 13.2 Å². The van der Waals surface area contributed by atoms with Gasteiger partial charge >= 0.3 is 0 Å². The first-order chi connectivity index (χ1) is 10.5. The first-order valence-electron chi connectivity index (χ1n) is 6.52. The molecule has 0 spiro atoms. The van der Waals surface area contributed by atoms with Gasteiger partial charge in [0.25, 0.3) is 5.91 Å². The summed E-state index contributed by atoms with van der Waals surface area (Å²) in [5, 5.41) is 7.31. The number of methoxy groups -OCH3 is 1. The van der Waals surface area contributed by atoms with Gasteiger partial charge in [0.1, 0.15) is 5.75 Å². The lowest BCUT2D eigenvalue weighted by Gasteiger charge is -2.13. The predicted molar refractivity (Wildman–Crippen MR) is 87.8 cm³/mol. The Labute approximate surface area is 133 Å². The summed E-state index contributed by atoms with van der Waals surface area (Å²) in [6.07, 6.45) is 1.64. The van der Waals surface area contributed by atoms with Gasteiger partial charge < -0.3 is 10.1 Å². The Hall–Kier alpha value is -2.61. The van der Waals surface area contributed by atoms with Crippen LogP contribution in [-0.2, 0) is 7.05 Å². The summed E-state index contributed by atoms with van der Waals surface area (Å²) in [6, 6.07) is 7.33. The molecule has 0 aliphatic heterocycles. The Kier molecular flexibility index (Phi) is 4.95. The van der Waals surface area contributed by atoms with Gasteiger partial charge in [0.05, 0.1) is 24.1 Å². The molecule has 0 fully saturated rings. The van der Waals surface area contributed by atoms with E-state index in [-0.39, 0.29) is 11.0 Å². The molecule has 0 unspecified atom stereocenters. The van der Waals surface area contributed by atoms with E-state index in [4.69, 9.17) is 17.0 Å². The van der Waals surface area contributed by atoms with Crippen LogP contribution in [0.25, 0.3) is 0 Å². The third-order valence-electron chi connectivity index (χ3n) is 2.90. The number of hydrazine groups is 1. The number of hydrogen-bond donors (Lipinski definition) is 3. The standard InChI is InChI=1S/C14H17N5O2S/c1-9-10(8-19(2)18-9)13(20)16-17-14(22)15-11-6-4-5-7-12(11)21-3/h4-8H,1-3H3,(H,16,20)(H2,15,17,22). The number of nitrogens with one attached hydrogen (secondary N) is 3. The maximum atomic E-state index is 12.0. The van der Waals surface area contributed by atoms with Crippen LogP contribution < -0.4 is 20.9 Å². The molecule has 0 saturated carbocycles. The number of amides is 1. The van der Waals surface area contributed by atoms with Crippen molar-refractivity contribution < 1.29 is 9.53 Å². The number of hydrogen-bond acceptors (Lipinski definition) is 4. The van der Waals surface area contributed by atoms with Gasteiger partial charge in [-0.05, 0) is 31.3 Å². The van der Waals surface area contributed by atoms with E-state index in [1.165, 1.54) is 0 Å². The van der Waals surface area contributed by atoms with Crippen molar-refractivity contribution in [3.8, 4) is 5.75 Å². The van der Waals surface area contributed by atoms with Crippen molar-refractivity contribution in [3.63, 3.8) is 0 Å². The zero-order valence-corrected chi connectivity index (χ0v) is 13.3. The molecular formula is C14H17N5O2S. The van der Waals surface area contributed by atoms with Crippen LogP contribution in [0.3, 0.4) is 0 Å². The SMILES string of the molecule is COc1ccccc1NC(=S)NNC(=O)c1cn(C)nc1C. The van der Waals surface area contributed by atoms with Gasteiger partial charge in [-0.3, -0.25) is 20.3 Å². The highest BCUT2D eigenvalue weighted by atomic mass is 32.1. The fraction of sp³-hybridized carbons (Fsp3) is 0.214. The summed E-state index contributed by atoms with van der Waals surface area (Å²) < 4.78 is 6.79. The summed E-state index contributed by atoms with van der Waals surface area (Å²) in [4.78, 5) is 12.0. The number of aromatic nitrogens is 2. The minimum Gasteiger partial charge on any atom is -0.495 e. The molecule has 0 radical (unpaired) electrons. The minimum absolute atomic E-state index is 0.249. The summed E-state index contributed by atoms with van der Waals surface area (Å²) in [6.45, 7) is 1.76. The Balaban J connectivity index is 1.93. The third kappa shape index (κ3) is 3.73. The smallest absolute Gasteiger partial charge is 0.273 e. The summed E-state index contributed by atoms with van der Waals surface area (Å²) in [5.74, 6) is 0.343. The van der Waals surface area contributed by atoms with E-state index >= 15 is 0 Å². The molecule has 22 heavy (non-hydrogen) atoms. The van der Waals surface area contributed by atoms with Crippen molar-refractivity contribution in [1.29, 1.82) is 0 Å². The number of benzene rings is 1. The van der Waals surface area contributed by atoms with Crippen molar-refractivity contribution in [2.24, 2.45) is 7.05 Å². The average molecular weight is 319 g/mol. The number of ether oxygens (including phenoxy) is 1. The predicted octanol–water partition coefficient (Wildman–Crippen LogP) is 1.37. The van der Waals surface area contributed by atoms with E-state index < -0.39 is 0 Å². The lowest BCUT2D eigenvalue weighted by Crippen LogP contribution is -2.43. The van der Waals surface area contributed by atoms with Crippen LogP contribution in [0.15, 0.2) is 30.5 Å². The van der Waals surface area contributed by atoms with Crippen LogP contribution in [0.1, 0.15) is 16.1 Å². The van der Waals surface area contributed by atoms with Crippen molar-refractivity contribution in [1.82, 2.24) is 20.6 Å². The van der Waals surface area contributed by atoms with Gasteiger partial charge in [-0.15, -0.1) is 0 Å². The van der Waals surface area contributed by atoms with Gasteiger partial charge in [-0.2, -0.15) is 5.10 Å². The fourth-order valence-corrected chi connectivity index (χ4v) is 2.07. The summed E-state index contributed by atoms with van der Waals surface area (Å²) >= 11 is 5.14. The van der Waals surface area contributed by atoms with Gasteiger partial charge in [0.15, 0.2) is 5.11 Å². The Bertz CT molecular complexity index is 698. The highest BCUT2D eigenvalue weighted by molar-refractivity contribution is 7.80. The minimum atomic E-state index is -0.310. The second-order valence-corrected chi connectivity index (χ2v) is 4.94. The molecule has 0 bridgehead atoms. The van der Waals surface area contributed by atoms with Crippen molar-refractivity contribution in [2.75, 3.05) is 12.4 Å². The maximum Gasteiger partial charge on any atom is 0.273 e. The average Bonchev–Trinajstić information content (AvgIpc) is 2.84. The number of para-hydroxylation sites is 2. The van der Waals surface area contributed by atoms with E-state index in [0.717, 1.165) is 0 Å². The second-order valence-electron chi connectivity index (χ2n) is 4.54. The molecule has 7 nitrogen and oxygen atoms in total. The quantitative estimate of drug-likeness (QED) is 0.586. The van der Waals surface area contributed by atoms with Crippen LogP contribution in [-0.4, -0.2) is 27.9 Å². The van der Waals surface area contributed by atoms with Crippen LogP contribution in [0, 0.1) is 6.92 Å². The van der Waals surface area contributed by atoms with E-state index in [9.17, 15) is 4.79 Å². The summed E-state index contributed by atoms with van der Waals surface area (Å²) in [5.41, 5.74) is 7.00. The number of nitrogens with zero attached hydrogens (tertiary/aromatic N) is 2. The molecule has 2 aromatic rings. The largest absolute Gasteiger partial charge is 0.495 e. The number of thiocarbonyl (C=S) groups is 1. The second kappa shape index (κ2) is 6.90. The lowest BCUT2D eigenvalue weighted by atomic mass is 10.2. The van der Waals surface area contributed by atoms with Crippen LogP contribution >= 0.6 is 12.2 Å². The fourth-order valence-electron chi connectivity index (χ4n) is 1.90. The van der Waals surface area contributed by atoms with Crippen LogP contribution in [0.4, 0.5) is 5.69 Å². The topological polar surface area (TPSA) is 80.2 Å². The molecule has 2 rings (SSSR count). The molecule has 1 aromatic carbocycles. The monoisotopic (exact) mass is 319 g/mol. The van der Waals surface area contributed by atoms with E-state index in [1.54, 1.807) is 32.0 Å². The molecule has 0 saturated heterocycles. The summed E-state index contributed by atoms with van der Waals surface area (Å²) in [7, 11) is 3.33. The third-order valence-corrected chi connectivity index (χ3v) is 3.11. The lowest BCUT2D eigenvalue weighted by molar-refractivity contribution is 0.0943. The number of aryl methyl sites for hydroxylation is 2. The number of anilines is 1. The van der Waals surface area contributed by atoms with Crippen LogP contribution in [0.2, 0.25) is 0 Å². The van der Waals surface area contributed by atoms with Gasteiger partial charge in [0.2, 0.25) is 0 Å². The Morgan fingerprint density at radius 3 is 2.68 bits per heavy atom. The van der Waals surface area contributed by atoms with Crippen molar-refractivity contribution in [2.45, 2.75) is 6.92 Å². The molecule has 0 atom stereocenters. The number of carbonyl (C=O) groups is 1. The Morgan fingerprint density at radius 2 is 2.05 bits per heavy atom. The Morgan fingerprint density at radius 1 is 1.32 bits per heavy atom. The zero-order chi connectivity index (χ0) is 16.1. The number of carbonyl (C=O) groups excluding carboxylic acids is 1. The molecule has 116 valence electrons. The van der Waals surface area contributed by atoms with Gasteiger partial charge in [-0.25, -0.2) is 0 Å². The van der Waals surface area contributed by atoms with E-state index in [2.05, 4.69) is 21.3 Å². The molecule has 1 amide bonds. The highest BCUT2D eigenvalue weighted by Crippen LogP contribution is 2.22. The van der Waals surface area contributed by atoms with Crippen molar-refractivity contribution >= 4 is 28.9 Å². The molecule has 1 heterocycles. The molecule has 8 heteroatoms. The van der Waals surface area contributed by atoms with E-state index in [1.807, 2.05) is 24.3 Å². The molecule has 3 N–H and O–H groups in total. The normalized spacial score (nSPS) is 9.95. The van der Waals surface area contributed by atoms with E-state index in [0.29, 0.717) is 22.7 Å². The first-order valence-corrected chi connectivity index (χ1v) is 6.92. The molecule has 1 aromatic heterocycles. The van der Waals surface area contributed by atoms with Crippen LogP contribution in [0.5, 0.6) is 5.75 Å². The molecule has 0 aliphatic rings. The van der Waals surface area contributed by atoms with Crippen molar-refractivity contribution in [3.05, 3.63) is 41.7 Å². The maximum absolute atomic E-state index is 12.0. The first kappa shape index (κ1) is 15.8. The zero-order valence-electron chi connectivity index (χ0n) is 12.5. The molecular weight excluding hydrogens is 302 g/mol.